The van der Waals surface area contributed by atoms with Gasteiger partial charge in [0.25, 0.3) is 5.60 Å². The van der Waals surface area contributed by atoms with Gasteiger partial charge in [0.15, 0.2) is 0 Å². The summed E-state index contributed by atoms with van der Waals surface area (Å²) in [4.78, 5) is 20.6. The van der Waals surface area contributed by atoms with E-state index in [9.17, 15) is 9.18 Å². The lowest BCUT2D eigenvalue weighted by Crippen LogP contribution is -2.50. The van der Waals surface area contributed by atoms with E-state index in [1.54, 1.807) is 29.2 Å². The number of alkyl halides is 1. The summed E-state index contributed by atoms with van der Waals surface area (Å²) in [6, 6.07) is 6.84. The van der Waals surface area contributed by atoms with Crippen LogP contribution < -0.4 is 10.5 Å². The summed E-state index contributed by atoms with van der Waals surface area (Å²) in [6.45, 7) is 11.1. The number of carbonyl (C=O) groups excluding carboxylic acids is 1. The molecule has 0 aromatic heterocycles. The van der Waals surface area contributed by atoms with Crippen molar-refractivity contribution in [2.45, 2.75) is 45.8 Å². The van der Waals surface area contributed by atoms with E-state index in [2.05, 4.69) is 9.89 Å². The number of rotatable bonds is 5. The molecule has 0 saturated carbocycles. The van der Waals surface area contributed by atoms with E-state index < -0.39 is 11.2 Å². The Morgan fingerprint density at radius 1 is 1.13 bits per heavy atom. The van der Waals surface area contributed by atoms with Crippen molar-refractivity contribution in [2.24, 2.45) is 10.7 Å². The third-order valence-electron chi connectivity index (χ3n) is 4.25. The van der Waals surface area contributed by atoms with Crippen LogP contribution in [0.3, 0.4) is 0 Å². The molecule has 2 atom stereocenters. The minimum Gasteiger partial charge on any atom is -0.455 e. The van der Waals surface area contributed by atoms with Gasteiger partial charge in [0, 0.05) is 39.3 Å². The maximum Gasteiger partial charge on any atom is 0.410 e. The van der Waals surface area contributed by atoms with E-state index in [-0.39, 0.29) is 6.09 Å². The van der Waals surface area contributed by atoms with Gasteiger partial charge in [0.1, 0.15) is 11.4 Å². The second kappa shape index (κ2) is 9.65. The van der Waals surface area contributed by atoms with E-state index in [4.69, 9.17) is 15.2 Å². The zero-order chi connectivity index (χ0) is 22.5. The van der Waals surface area contributed by atoms with Crippen molar-refractivity contribution >= 4 is 26.7 Å². The van der Waals surface area contributed by atoms with E-state index in [0.29, 0.717) is 37.6 Å². The van der Waals surface area contributed by atoms with Gasteiger partial charge in [0.2, 0.25) is 0 Å². The first kappa shape index (κ1) is 23.9. The second-order valence-corrected chi connectivity index (χ2v) is 9.32. The smallest absolute Gasteiger partial charge is 0.410 e. The molecule has 1 aromatic rings. The van der Waals surface area contributed by atoms with Crippen molar-refractivity contribution in [1.82, 2.24) is 9.80 Å². The molecular formula is C21H32FN4O3P. The molecule has 9 heteroatoms. The van der Waals surface area contributed by atoms with Gasteiger partial charge in [-0.25, -0.2) is 4.79 Å². The van der Waals surface area contributed by atoms with Crippen molar-refractivity contribution in [2.75, 3.05) is 26.2 Å². The summed E-state index contributed by atoms with van der Waals surface area (Å²) in [5.74, 6) is 0.416. The lowest BCUT2D eigenvalue weighted by atomic mass is 10.2. The molecule has 0 spiro atoms. The summed E-state index contributed by atoms with van der Waals surface area (Å²) in [5.41, 5.74) is 5.80. The highest BCUT2D eigenvalue weighted by Crippen LogP contribution is 2.27. The number of piperazine rings is 1. The van der Waals surface area contributed by atoms with Crippen molar-refractivity contribution in [1.29, 1.82) is 0 Å². The summed E-state index contributed by atoms with van der Waals surface area (Å²) in [6.07, 6.45) is 1.23. The van der Waals surface area contributed by atoms with Crippen LogP contribution in [0.2, 0.25) is 0 Å². The summed E-state index contributed by atoms with van der Waals surface area (Å²) >= 11 is 0. The second-order valence-electron chi connectivity index (χ2n) is 8.29. The first-order valence-corrected chi connectivity index (χ1v) is 10.4. The van der Waals surface area contributed by atoms with Gasteiger partial charge in [-0.05, 0) is 52.0 Å². The van der Waals surface area contributed by atoms with Gasteiger partial charge in [-0.3, -0.25) is 4.99 Å². The van der Waals surface area contributed by atoms with Gasteiger partial charge in [-0.2, -0.15) is 4.39 Å². The largest absolute Gasteiger partial charge is 0.455 e. The number of benzene rings is 1. The summed E-state index contributed by atoms with van der Waals surface area (Å²) in [7, 11) is 1.99. The molecule has 2 rings (SSSR count). The molecule has 1 saturated heterocycles. The molecule has 1 fully saturated rings. The first-order chi connectivity index (χ1) is 13.9. The number of hydrogen-bond acceptors (Lipinski definition) is 6. The normalized spacial score (nSPS) is 18.1. The predicted molar refractivity (Wildman–Crippen MR) is 121 cm³/mol. The molecular weight excluding hydrogens is 406 g/mol. The molecule has 1 aromatic carbocycles. The summed E-state index contributed by atoms with van der Waals surface area (Å²) in [5, 5.41) is 0. The van der Waals surface area contributed by atoms with E-state index >= 15 is 0 Å². The third kappa shape index (κ3) is 7.48. The zero-order valence-electron chi connectivity index (χ0n) is 18.3. The lowest BCUT2D eigenvalue weighted by Gasteiger charge is -2.37. The molecule has 1 amide bonds. The maximum absolute atomic E-state index is 13.6. The first-order valence-electron chi connectivity index (χ1n) is 9.85. The van der Waals surface area contributed by atoms with Gasteiger partial charge in [-0.1, -0.05) is 9.24 Å². The molecule has 1 aliphatic rings. The quantitative estimate of drug-likeness (QED) is 0.555. The number of ether oxygens (including phenoxy) is 2. The number of allylic oxidation sites excluding steroid dienone is 1. The van der Waals surface area contributed by atoms with Crippen LogP contribution in [-0.2, 0) is 4.74 Å². The van der Waals surface area contributed by atoms with Crippen molar-refractivity contribution in [3.05, 3.63) is 36.2 Å². The Kier molecular flexibility index (Phi) is 7.70. The molecule has 166 valence electrons. The average molecular weight is 438 g/mol. The fourth-order valence-corrected chi connectivity index (χ4v) is 3.12. The lowest BCUT2D eigenvalue weighted by molar-refractivity contribution is 0.0172. The van der Waals surface area contributed by atoms with Gasteiger partial charge in [-0.15, -0.1) is 0 Å². The van der Waals surface area contributed by atoms with Crippen LogP contribution >= 0.6 is 9.24 Å². The van der Waals surface area contributed by atoms with Gasteiger partial charge >= 0.3 is 6.09 Å². The number of carbonyl (C=O) groups is 1. The number of aliphatic imine (C=N–C) groups is 1. The topological polar surface area (TPSA) is 80.4 Å². The highest BCUT2D eigenvalue weighted by Gasteiger charge is 2.27. The average Bonchev–Trinajstić information content (AvgIpc) is 2.62. The Hall–Kier alpha value is -2.34. The molecule has 2 unspecified atom stereocenters. The maximum atomic E-state index is 13.6. The number of halogens is 1. The monoisotopic (exact) mass is 438 g/mol. The molecule has 0 aliphatic carbocycles. The van der Waals surface area contributed by atoms with Crippen molar-refractivity contribution in [3.8, 4) is 5.75 Å². The van der Waals surface area contributed by atoms with E-state index in [1.165, 1.54) is 13.1 Å². The standard InChI is InChI=1S/C21H32FN4O3P/c1-15(24-16-6-8-17(9-7-16)28-21(5,22)30)18(14-23)25-10-12-26(13-11-25)19(27)29-20(2,3)4/h6-9,14H,10-13,23,30H2,1-5H3/b18-14+,24-15?. The van der Waals surface area contributed by atoms with Crippen LogP contribution in [0, 0.1) is 0 Å². The highest BCUT2D eigenvalue weighted by molar-refractivity contribution is 7.18. The fourth-order valence-electron chi connectivity index (χ4n) is 2.98. The minimum absolute atomic E-state index is 0.303. The number of nitrogens with two attached hydrogens (primary N) is 1. The number of nitrogens with zero attached hydrogens (tertiary/aromatic N) is 3. The van der Waals surface area contributed by atoms with E-state index in [1.807, 2.05) is 36.9 Å². The van der Waals surface area contributed by atoms with E-state index in [0.717, 1.165) is 11.4 Å². The molecule has 1 aliphatic heterocycles. The zero-order valence-corrected chi connectivity index (χ0v) is 19.5. The van der Waals surface area contributed by atoms with Crippen LogP contribution in [0.1, 0.15) is 34.6 Å². The Bertz CT molecular complexity index is 790. The molecule has 7 nitrogen and oxygen atoms in total. The molecule has 0 radical (unpaired) electrons. The minimum atomic E-state index is -1.82. The molecule has 0 bridgehead atoms. The van der Waals surface area contributed by atoms with Crippen LogP contribution in [0.4, 0.5) is 14.9 Å². The van der Waals surface area contributed by atoms with Crippen LogP contribution in [0.15, 0.2) is 41.2 Å². The Morgan fingerprint density at radius 2 is 1.67 bits per heavy atom. The number of hydrogen-bond donors (Lipinski definition) is 1. The van der Waals surface area contributed by atoms with Gasteiger partial charge < -0.3 is 25.0 Å². The third-order valence-corrected chi connectivity index (χ3v) is 4.37. The van der Waals surface area contributed by atoms with Crippen LogP contribution in [-0.4, -0.2) is 59.0 Å². The Labute approximate surface area is 180 Å². The van der Waals surface area contributed by atoms with Crippen molar-refractivity contribution < 1.29 is 18.7 Å². The Morgan fingerprint density at radius 3 is 2.13 bits per heavy atom. The van der Waals surface area contributed by atoms with Crippen LogP contribution in [0.25, 0.3) is 0 Å². The molecule has 1 heterocycles. The Balaban J connectivity index is 2.00. The van der Waals surface area contributed by atoms with Gasteiger partial charge in [0.05, 0.1) is 17.1 Å². The highest BCUT2D eigenvalue weighted by atomic mass is 31.0. The predicted octanol–water partition coefficient (Wildman–Crippen LogP) is 4.03. The summed E-state index contributed by atoms with van der Waals surface area (Å²) < 4.78 is 24.1. The van der Waals surface area contributed by atoms with Crippen molar-refractivity contribution in [3.63, 3.8) is 0 Å². The van der Waals surface area contributed by atoms with Crippen LogP contribution in [0.5, 0.6) is 5.75 Å². The molecule has 30 heavy (non-hydrogen) atoms. The molecule has 2 N–H and O–H groups in total. The SMILES string of the molecule is CC(=Nc1ccc(OC(C)(F)P)cc1)/C(=C\N)N1CCN(C(=O)OC(C)(C)C)CC1. The number of amides is 1. The fraction of sp³-hybridized carbons (Fsp3) is 0.524.